The highest BCUT2D eigenvalue weighted by atomic mass is 32.1. The average molecular weight is 287 g/mol. The van der Waals surface area contributed by atoms with Crippen LogP contribution in [0.4, 0.5) is 0 Å². The first kappa shape index (κ1) is 14.8. The largest absolute Gasteiger partial charge is 0.384 e. The molecule has 0 radical (unpaired) electrons. The van der Waals surface area contributed by atoms with Crippen molar-refractivity contribution in [3.63, 3.8) is 0 Å². The summed E-state index contributed by atoms with van der Waals surface area (Å²) in [6, 6.07) is 10.3. The van der Waals surface area contributed by atoms with E-state index in [2.05, 4.69) is 42.3 Å². The second kappa shape index (κ2) is 6.68. The number of amidine groups is 1. The first-order valence-electron chi connectivity index (χ1n) is 6.78. The molecule has 4 heteroatoms. The summed E-state index contributed by atoms with van der Waals surface area (Å²) in [4.78, 5) is 3.81. The van der Waals surface area contributed by atoms with E-state index in [4.69, 9.17) is 11.1 Å². The van der Waals surface area contributed by atoms with E-state index < -0.39 is 0 Å². The van der Waals surface area contributed by atoms with Gasteiger partial charge in [0.25, 0.3) is 0 Å². The summed E-state index contributed by atoms with van der Waals surface area (Å²) in [6.07, 6.45) is 0. The van der Waals surface area contributed by atoms with Gasteiger partial charge in [0.2, 0.25) is 0 Å². The van der Waals surface area contributed by atoms with Crippen molar-refractivity contribution in [3.8, 4) is 0 Å². The van der Waals surface area contributed by atoms with E-state index in [1.54, 1.807) is 11.3 Å². The van der Waals surface area contributed by atoms with E-state index in [-0.39, 0.29) is 5.84 Å². The van der Waals surface area contributed by atoms with Crippen LogP contribution in [-0.2, 0) is 13.1 Å². The number of rotatable bonds is 6. The van der Waals surface area contributed by atoms with Crippen LogP contribution in [0.15, 0.2) is 35.7 Å². The summed E-state index contributed by atoms with van der Waals surface area (Å²) in [5, 5.41) is 9.60. The lowest BCUT2D eigenvalue weighted by atomic mass is 10.0. The first-order valence-corrected chi connectivity index (χ1v) is 7.66. The van der Waals surface area contributed by atoms with E-state index >= 15 is 0 Å². The van der Waals surface area contributed by atoms with Crippen molar-refractivity contribution in [1.82, 2.24) is 4.90 Å². The fraction of sp³-hybridized carbons (Fsp3) is 0.312. The number of aryl methyl sites for hydroxylation is 1. The normalized spacial score (nSPS) is 10.9. The molecule has 0 aliphatic heterocycles. The lowest BCUT2D eigenvalue weighted by Gasteiger charge is -2.21. The smallest absolute Gasteiger partial charge is 0.122 e. The molecule has 1 aromatic heterocycles. The molecule has 2 rings (SSSR count). The number of hydrogen-bond acceptors (Lipinski definition) is 3. The fourth-order valence-electron chi connectivity index (χ4n) is 2.18. The zero-order chi connectivity index (χ0) is 14.5. The van der Waals surface area contributed by atoms with Crippen molar-refractivity contribution in [3.05, 3.63) is 57.3 Å². The van der Waals surface area contributed by atoms with Crippen LogP contribution in [0.2, 0.25) is 0 Å². The Hall–Kier alpha value is -1.65. The molecule has 0 aliphatic carbocycles. The van der Waals surface area contributed by atoms with Gasteiger partial charge in [-0.25, -0.2) is 0 Å². The summed E-state index contributed by atoms with van der Waals surface area (Å²) in [7, 11) is 0. The van der Waals surface area contributed by atoms with Crippen molar-refractivity contribution in [2.45, 2.75) is 26.9 Å². The Bertz CT molecular complexity index is 575. The quantitative estimate of drug-likeness (QED) is 0.632. The highest BCUT2D eigenvalue weighted by molar-refractivity contribution is 7.09. The summed E-state index contributed by atoms with van der Waals surface area (Å²) >= 11 is 1.80. The van der Waals surface area contributed by atoms with Crippen molar-refractivity contribution in [2.75, 3.05) is 6.54 Å². The van der Waals surface area contributed by atoms with Crippen LogP contribution in [0.1, 0.15) is 28.5 Å². The van der Waals surface area contributed by atoms with Crippen LogP contribution in [0, 0.1) is 12.3 Å². The third-order valence-corrected chi connectivity index (χ3v) is 4.32. The van der Waals surface area contributed by atoms with Gasteiger partial charge in [-0.2, -0.15) is 0 Å². The molecule has 0 atom stereocenters. The zero-order valence-electron chi connectivity index (χ0n) is 12.0. The number of nitrogens with two attached hydrogens (primary N) is 1. The maximum atomic E-state index is 7.48. The van der Waals surface area contributed by atoms with Crippen LogP contribution < -0.4 is 5.73 Å². The molecule has 2 aromatic rings. The van der Waals surface area contributed by atoms with E-state index in [0.29, 0.717) is 0 Å². The standard InChI is InChI=1S/C16H21N3S/c1-3-19(11-15-5-4-8-20-15)10-14-7-6-13(16(17)18)9-12(14)2/h4-9H,3,10-11H2,1-2H3,(H3,17,18). The second-order valence-electron chi connectivity index (χ2n) is 4.94. The van der Waals surface area contributed by atoms with Crippen LogP contribution in [0.5, 0.6) is 0 Å². The Morgan fingerprint density at radius 1 is 1.30 bits per heavy atom. The summed E-state index contributed by atoms with van der Waals surface area (Å²) in [5.74, 6) is 0.130. The Kier molecular flexibility index (Phi) is 4.93. The molecule has 20 heavy (non-hydrogen) atoms. The molecule has 0 saturated carbocycles. The molecule has 0 fully saturated rings. The Labute approximate surface area is 124 Å². The zero-order valence-corrected chi connectivity index (χ0v) is 12.8. The van der Waals surface area contributed by atoms with Gasteiger partial charge in [-0.15, -0.1) is 11.3 Å². The lowest BCUT2D eigenvalue weighted by molar-refractivity contribution is 0.273. The molecule has 0 bridgehead atoms. The number of benzene rings is 1. The summed E-state index contributed by atoms with van der Waals surface area (Å²) < 4.78 is 0. The van der Waals surface area contributed by atoms with Crippen molar-refractivity contribution >= 4 is 17.2 Å². The lowest BCUT2D eigenvalue weighted by Crippen LogP contribution is -2.22. The highest BCUT2D eigenvalue weighted by Gasteiger charge is 2.08. The van der Waals surface area contributed by atoms with Crippen LogP contribution >= 0.6 is 11.3 Å². The van der Waals surface area contributed by atoms with Gasteiger partial charge in [0.15, 0.2) is 0 Å². The molecular formula is C16H21N3S. The van der Waals surface area contributed by atoms with Crippen LogP contribution in [0.3, 0.4) is 0 Å². The first-order chi connectivity index (χ1) is 9.60. The summed E-state index contributed by atoms with van der Waals surface area (Å²) in [5.41, 5.74) is 8.82. The molecule has 106 valence electrons. The predicted octanol–water partition coefficient (Wildman–Crippen LogP) is 3.36. The SMILES string of the molecule is CCN(Cc1cccs1)Cc1ccc(C(=N)N)cc1C. The number of nitrogens with zero attached hydrogens (tertiary/aromatic N) is 1. The molecule has 0 saturated heterocycles. The highest BCUT2D eigenvalue weighted by Crippen LogP contribution is 2.17. The number of nitrogen functional groups attached to an aromatic ring is 1. The maximum absolute atomic E-state index is 7.48. The van der Waals surface area contributed by atoms with Crippen LogP contribution in [0.25, 0.3) is 0 Å². The van der Waals surface area contributed by atoms with Gasteiger partial charge in [0.05, 0.1) is 0 Å². The molecule has 1 heterocycles. The average Bonchev–Trinajstić information content (AvgIpc) is 2.92. The number of hydrogen-bond donors (Lipinski definition) is 2. The molecule has 0 unspecified atom stereocenters. The summed E-state index contributed by atoms with van der Waals surface area (Å²) in [6.45, 7) is 7.21. The van der Waals surface area contributed by atoms with Gasteiger partial charge in [0.1, 0.15) is 5.84 Å². The van der Waals surface area contributed by atoms with Gasteiger partial charge < -0.3 is 5.73 Å². The molecule has 0 aliphatic rings. The number of nitrogens with one attached hydrogen (secondary N) is 1. The molecular weight excluding hydrogens is 266 g/mol. The van der Waals surface area contributed by atoms with Gasteiger partial charge in [-0.1, -0.05) is 25.1 Å². The van der Waals surface area contributed by atoms with E-state index in [0.717, 1.165) is 25.2 Å². The van der Waals surface area contributed by atoms with Gasteiger partial charge in [0, 0.05) is 23.5 Å². The fourth-order valence-corrected chi connectivity index (χ4v) is 2.93. The molecule has 0 spiro atoms. The molecule has 0 amide bonds. The Balaban J connectivity index is 2.09. The minimum atomic E-state index is 0.130. The molecule has 3 N–H and O–H groups in total. The Morgan fingerprint density at radius 2 is 2.10 bits per heavy atom. The van der Waals surface area contributed by atoms with E-state index in [9.17, 15) is 0 Å². The van der Waals surface area contributed by atoms with Gasteiger partial charge in [-0.05, 0) is 42.1 Å². The third kappa shape index (κ3) is 3.68. The molecule has 3 nitrogen and oxygen atoms in total. The van der Waals surface area contributed by atoms with Crippen molar-refractivity contribution in [1.29, 1.82) is 5.41 Å². The van der Waals surface area contributed by atoms with Crippen molar-refractivity contribution in [2.24, 2.45) is 5.73 Å². The number of thiophene rings is 1. The predicted molar refractivity (Wildman–Crippen MR) is 86.3 cm³/mol. The van der Waals surface area contributed by atoms with Crippen LogP contribution in [-0.4, -0.2) is 17.3 Å². The second-order valence-corrected chi connectivity index (χ2v) is 5.97. The van der Waals surface area contributed by atoms with E-state index in [1.807, 2.05) is 12.1 Å². The van der Waals surface area contributed by atoms with Crippen molar-refractivity contribution < 1.29 is 0 Å². The topological polar surface area (TPSA) is 53.1 Å². The Morgan fingerprint density at radius 3 is 2.65 bits per heavy atom. The maximum Gasteiger partial charge on any atom is 0.122 e. The monoisotopic (exact) mass is 287 g/mol. The minimum absolute atomic E-state index is 0.130. The molecule has 1 aromatic carbocycles. The minimum Gasteiger partial charge on any atom is -0.384 e. The third-order valence-electron chi connectivity index (χ3n) is 3.45. The van der Waals surface area contributed by atoms with Gasteiger partial charge >= 0.3 is 0 Å². The van der Waals surface area contributed by atoms with E-state index in [1.165, 1.54) is 16.0 Å². The van der Waals surface area contributed by atoms with Gasteiger partial charge in [-0.3, -0.25) is 10.3 Å².